The van der Waals surface area contributed by atoms with Gasteiger partial charge >= 0.3 is 0 Å². The van der Waals surface area contributed by atoms with Crippen LogP contribution in [0.2, 0.25) is 0 Å². The number of hydrogen-bond acceptors (Lipinski definition) is 3. The molecule has 0 saturated heterocycles. The average Bonchev–Trinajstić information content (AvgIpc) is 2.23. The lowest BCUT2D eigenvalue weighted by Crippen LogP contribution is -2.34. The highest BCUT2D eigenvalue weighted by molar-refractivity contribution is 5.79. The van der Waals surface area contributed by atoms with Gasteiger partial charge in [-0.15, -0.1) is 0 Å². The number of amides is 2. The van der Waals surface area contributed by atoms with Gasteiger partial charge in [-0.3, -0.25) is 9.59 Å². The van der Waals surface area contributed by atoms with Gasteiger partial charge in [-0.05, 0) is 26.8 Å². The second-order valence-electron chi connectivity index (χ2n) is 5.03. The Morgan fingerprint density at radius 3 is 2.11 bits per heavy atom. The van der Waals surface area contributed by atoms with E-state index in [1.807, 2.05) is 13.8 Å². The maximum absolute atomic E-state index is 11.4. The van der Waals surface area contributed by atoms with Crippen molar-refractivity contribution in [3.05, 3.63) is 0 Å². The van der Waals surface area contributed by atoms with E-state index >= 15 is 0 Å². The average molecular weight is 257 g/mol. The van der Waals surface area contributed by atoms with Crippen molar-refractivity contribution in [2.24, 2.45) is 0 Å². The van der Waals surface area contributed by atoms with Gasteiger partial charge in [0, 0.05) is 31.5 Å². The summed E-state index contributed by atoms with van der Waals surface area (Å²) in [5.74, 6) is -0.00956. The fraction of sp³-hybridized carbons (Fsp3) is 0.846. The molecule has 18 heavy (non-hydrogen) atoms. The molecule has 0 heterocycles. The summed E-state index contributed by atoms with van der Waals surface area (Å²) < 4.78 is 0. The molecule has 106 valence electrons. The molecule has 0 aromatic rings. The molecule has 0 atom stereocenters. The molecule has 0 unspecified atom stereocenters. The van der Waals surface area contributed by atoms with E-state index < -0.39 is 0 Å². The topological polar surface area (TPSA) is 70.2 Å². The van der Waals surface area contributed by atoms with Crippen LogP contribution in [0.3, 0.4) is 0 Å². The molecule has 2 amide bonds. The largest absolute Gasteiger partial charge is 0.356 e. The first kappa shape index (κ1) is 16.9. The van der Waals surface area contributed by atoms with Gasteiger partial charge in [-0.1, -0.05) is 13.8 Å². The third-order valence-electron chi connectivity index (χ3n) is 2.26. The van der Waals surface area contributed by atoms with Gasteiger partial charge in [0.15, 0.2) is 0 Å². The van der Waals surface area contributed by atoms with Gasteiger partial charge < -0.3 is 16.0 Å². The van der Waals surface area contributed by atoms with Crippen LogP contribution in [0.25, 0.3) is 0 Å². The summed E-state index contributed by atoms with van der Waals surface area (Å²) in [6, 6.07) is 0.600. The molecule has 0 rings (SSSR count). The fourth-order valence-corrected chi connectivity index (χ4v) is 1.44. The molecule has 5 heteroatoms. The Labute approximate surface area is 110 Å². The van der Waals surface area contributed by atoms with Crippen molar-refractivity contribution in [2.45, 2.75) is 59.0 Å². The van der Waals surface area contributed by atoms with Crippen LogP contribution in [-0.2, 0) is 9.59 Å². The number of carbonyl (C=O) groups is 2. The summed E-state index contributed by atoms with van der Waals surface area (Å²) in [6.45, 7) is 9.24. The number of rotatable bonds is 9. The molecule has 0 aliphatic carbocycles. The highest BCUT2D eigenvalue weighted by Gasteiger charge is 2.05. The Bertz CT molecular complexity index is 253. The van der Waals surface area contributed by atoms with Crippen LogP contribution in [-0.4, -0.2) is 37.0 Å². The van der Waals surface area contributed by atoms with E-state index in [0.29, 0.717) is 25.4 Å². The van der Waals surface area contributed by atoms with Crippen LogP contribution in [0.15, 0.2) is 0 Å². The minimum atomic E-state index is -0.0215. The zero-order chi connectivity index (χ0) is 14.0. The molecule has 0 bridgehead atoms. The van der Waals surface area contributed by atoms with Gasteiger partial charge in [0.05, 0.1) is 0 Å². The molecule has 3 N–H and O–H groups in total. The Balaban J connectivity index is 3.45. The lowest BCUT2D eigenvalue weighted by Gasteiger charge is -2.09. The molecular formula is C13H27N3O2. The fourth-order valence-electron chi connectivity index (χ4n) is 1.44. The second-order valence-corrected chi connectivity index (χ2v) is 5.03. The Kier molecular flexibility index (Phi) is 9.28. The van der Waals surface area contributed by atoms with Crippen LogP contribution in [0.1, 0.15) is 47.0 Å². The van der Waals surface area contributed by atoms with Crippen molar-refractivity contribution in [3.63, 3.8) is 0 Å². The SMILES string of the molecule is CC(C)NCCCC(=O)NCCC(=O)NC(C)C. The normalized spacial score (nSPS) is 10.8. The first-order valence-corrected chi connectivity index (χ1v) is 6.71. The third-order valence-corrected chi connectivity index (χ3v) is 2.26. The van der Waals surface area contributed by atoms with Crippen molar-refractivity contribution in [1.82, 2.24) is 16.0 Å². The highest BCUT2D eigenvalue weighted by atomic mass is 16.2. The van der Waals surface area contributed by atoms with Gasteiger partial charge in [-0.2, -0.15) is 0 Å². The number of hydrogen-bond donors (Lipinski definition) is 3. The van der Waals surface area contributed by atoms with Gasteiger partial charge in [0.25, 0.3) is 0 Å². The first-order chi connectivity index (χ1) is 8.41. The van der Waals surface area contributed by atoms with Gasteiger partial charge in [-0.25, -0.2) is 0 Å². The zero-order valence-corrected chi connectivity index (χ0v) is 12.0. The molecule has 0 aliphatic heterocycles. The van der Waals surface area contributed by atoms with Crippen LogP contribution >= 0.6 is 0 Å². The maximum Gasteiger partial charge on any atom is 0.221 e. The molecule has 5 nitrogen and oxygen atoms in total. The standard InChI is InChI=1S/C13H27N3O2/c1-10(2)14-8-5-6-12(17)15-9-7-13(18)16-11(3)4/h10-11,14H,5-9H2,1-4H3,(H,15,17)(H,16,18). The molecule has 0 aliphatic rings. The van der Waals surface area contributed by atoms with E-state index in [1.165, 1.54) is 0 Å². The predicted octanol–water partition coefficient (Wildman–Crippen LogP) is 0.796. The lowest BCUT2D eigenvalue weighted by molar-refractivity contribution is -0.122. The third kappa shape index (κ3) is 11.4. The monoisotopic (exact) mass is 257 g/mol. The van der Waals surface area contributed by atoms with Gasteiger partial charge in [0.1, 0.15) is 0 Å². The minimum Gasteiger partial charge on any atom is -0.356 e. The Morgan fingerprint density at radius 2 is 1.56 bits per heavy atom. The highest BCUT2D eigenvalue weighted by Crippen LogP contribution is 1.89. The summed E-state index contributed by atoms with van der Waals surface area (Å²) in [6.07, 6.45) is 1.67. The summed E-state index contributed by atoms with van der Waals surface area (Å²) in [7, 11) is 0. The predicted molar refractivity (Wildman–Crippen MR) is 73.3 cm³/mol. The van der Waals surface area contributed by atoms with E-state index in [0.717, 1.165) is 13.0 Å². The van der Waals surface area contributed by atoms with Crippen LogP contribution < -0.4 is 16.0 Å². The molecule has 0 saturated carbocycles. The number of carbonyl (C=O) groups excluding carboxylic acids is 2. The lowest BCUT2D eigenvalue weighted by atomic mass is 10.2. The van der Waals surface area contributed by atoms with Crippen molar-refractivity contribution in [3.8, 4) is 0 Å². The van der Waals surface area contributed by atoms with Crippen LogP contribution in [0.4, 0.5) is 0 Å². The molecule has 0 fully saturated rings. The van der Waals surface area contributed by atoms with E-state index in [4.69, 9.17) is 0 Å². The summed E-state index contributed by atoms with van der Waals surface area (Å²) in [4.78, 5) is 22.7. The van der Waals surface area contributed by atoms with Gasteiger partial charge in [0.2, 0.25) is 11.8 Å². The van der Waals surface area contributed by atoms with E-state index in [9.17, 15) is 9.59 Å². The van der Waals surface area contributed by atoms with Crippen molar-refractivity contribution >= 4 is 11.8 Å². The summed E-state index contributed by atoms with van der Waals surface area (Å²) in [5, 5.41) is 8.78. The van der Waals surface area contributed by atoms with E-state index in [-0.39, 0.29) is 17.9 Å². The zero-order valence-electron chi connectivity index (χ0n) is 12.0. The molecule has 0 aromatic carbocycles. The quantitative estimate of drug-likeness (QED) is 0.535. The van der Waals surface area contributed by atoms with E-state index in [2.05, 4.69) is 29.8 Å². The maximum atomic E-state index is 11.4. The van der Waals surface area contributed by atoms with Crippen LogP contribution in [0, 0.1) is 0 Å². The summed E-state index contributed by atoms with van der Waals surface area (Å²) in [5.41, 5.74) is 0. The van der Waals surface area contributed by atoms with Crippen molar-refractivity contribution in [2.75, 3.05) is 13.1 Å². The van der Waals surface area contributed by atoms with Crippen LogP contribution in [0.5, 0.6) is 0 Å². The van der Waals surface area contributed by atoms with E-state index in [1.54, 1.807) is 0 Å². The molecule has 0 aromatic heterocycles. The minimum absolute atomic E-state index is 0.0119. The Hall–Kier alpha value is -1.10. The van der Waals surface area contributed by atoms with Crippen molar-refractivity contribution < 1.29 is 9.59 Å². The molecule has 0 radical (unpaired) electrons. The first-order valence-electron chi connectivity index (χ1n) is 6.71. The van der Waals surface area contributed by atoms with Crippen molar-refractivity contribution in [1.29, 1.82) is 0 Å². The molecular weight excluding hydrogens is 230 g/mol. The Morgan fingerprint density at radius 1 is 0.889 bits per heavy atom. The molecule has 0 spiro atoms. The smallest absolute Gasteiger partial charge is 0.221 e. The summed E-state index contributed by atoms with van der Waals surface area (Å²) >= 11 is 0. The number of nitrogens with one attached hydrogen (secondary N) is 3. The second kappa shape index (κ2) is 9.88.